The van der Waals surface area contributed by atoms with Gasteiger partial charge in [-0.25, -0.2) is 4.98 Å². The third-order valence-corrected chi connectivity index (χ3v) is 4.58. The van der Waals surface area contributed by atoms with E-state index in [0.29, 0.717) is 24.6 Å². The Morgan fingerprint density at radius 2 is 2.24 bits per heavy atom. The maximum atomic E-state index is 12.8. The molecule has 0 aromatic carbocycles. The van der Waals surface area contributed by atoms with E-state index in [1.807, 2.05) is 25.9 Å². The van der Waals surface area contributed by atoms with Crippen LogP contribution in [-0.2, 0) is 6.42 Å². The standard InChI is InChI=1S/C18H23N5O2/c1-4-12-10-19-7-5-14(12)17(25)23-8-6-13(11-23)15-9-16(24)21-18(20-15)22(2)3/h5,7,9-10,13H,4,6,8,11H2,1-3H3,(H,20,21,24). The Morgan fingerprint density at radius 3 is 2.96 bits per heavy atom. The van der Waals surface area contributed by atoms with Gasteiger partial charge in [0.1, 0.15) is 0 Å². The topological polar surface area (TPSA) is 82.2 Å². The average molecular weight is 341 g/mol. The first-order valence-electron chi connectivity index (χ1n) is 8.50. The monoisotopic (exact) mass is 341 g/mol. The van der Waals surface area contributed by atoms with Gasteiger partial charge in [-0.3, -0.25) is 19.6 Å². The minimum absolute atomic E-state index is 0.0272. The third-order valence-electron chi connectivity index (χ3n) is 4.58. The Kier molecular flexibility index (Phi) is 4.83. The summed E-state index contributed by atoms with van der Waals surface area (Å²) in [7, 11) is 3.67. The highest BCUT2D eigenvalue weighted by Crippen LogP contribution is 2.27. The molecule has 2 aromatic heterocycles. The molecule has 1 unspecified atom stereocenters. The molecule has 1 amide bonds. The molecule has 0 aliphatic carbocycles. The third kappa shape index (κ3) is 3.55. The second-order valence-electron chi connectivity index (χ2n) is 6.51. The van der Waals surface area contributed by atoms with Gasteiger partial charge in [0, 0.05) is 57.1 Å². The lowest BCUT2D eigenvalue weighted by Gasteiger charge is -2.18. The molecule has 1 saturated heterocycles. The number of nitrogens with one attached hydrogen (secondary N) is 1. The molecule has 3 heterocycles. The highest BCUT2D eigenvalue weighted by Gasteiger charge is 2.30. The zero-order valence-electron chi connectivity index (χ0n) is 14.8. The number of anilines is 1. The predicted molar refractivity (Wildman–Crippen MR) is 96.1 cm³/mol. The largest absolute Gasteiger partial charge is 0.348 e. The van der Waals surface area contributed by atoms with Crippen LogP contribution in [0.3, 0.4) is 0 Å². The van der Waals surface area contributed by atoms with Crippen molar-refractivity contribution in [2.24, 2.45) is 0 Å². The molecule has 0 saturated carbocycles. The molecule has 25 heavy (non-hydrogen) atoms. The maximum absolute atomic E-state index is 12.8. The Balaban J connectivity index is 1.80. The first-order chi connectivity index (χ1) is 12.0. The maximum Gasteiger partial charge on any atom is 0.254 e. The number of hydrogen-bond donors (Lipinski definition) is 1. The van der Waals surface area contributed by atoms with Gasteiger partial charge in [-0.1, -0.05) is 6.92 Å². The first kappa shape index (κ1) is 17.1. The Hall–Kier alpha value is -2.70. The molecule has 1 fully saturated rings. The van der Waals surface area contributed by atoms with E-state index in [0.717, 1.165) is 24.1 Å². The van der Waals surface area contributed by atoms with E-state index in [2.05, 4.69) is 15.0 Å². The lowest BCUT2D eigenvalue weighted by atomic mass is 10.0. The van der Waals surface area contributed by atoms with Crippen molar-refractivity contribution in [2.45, 2.75) is 25.7 Å². The van der Waals surface area contributed by atoms with Crippen molar-refractivity contribution in [3.05, 3.63) is 51.7 Å². The number of amides is 1. The smallest absolute Gasteiger partial charge is 0.254 e. The number of rotatable bonds is 4. The molecule has 7 nitrogen and oxygen atoms in total. The van der Waals surface area contributed by atoms with E-state index in [9.17, 15) is 9.59 Å². The minimum atomic E-state index is -0.166. The molecule has 132 valence electrons. The predicted octanol–water partition coefficient (Wildman–Crippen LogP) is 1.42. The molecule has 1 atom stereocenters. The number of likely N-dealkylation sites (tertiary alicyclic amines) is 1. The summed E-state index contributed by atoms with van der Waals surface area (Å²) in [5, 5.41) is 0. The highest BCUT2D eigenvalue weighted by atomic mass is 16.2. The van der Waals surface area contributed by atoms with E-state index in [4.69, 9.17) is 0 Å². The molecule has 0 radical (unpaired) electrons. The summed E-state index contributed by atoms with van der Waals surface area (Å²) in [5.41, 5.74) is 2.25. The Morgan fingerprint density at radius 1 is 1.44 bits per heavy atom. The number of aromatic nitrogens is 3. The second-order valence-corrected chi connectivity index (χ2v) is 6.51. The van der Waals surface area contributed by atoms with Gasteiger partial charge >= 0.3 is 0 Å². The van der Waals surface area contributed by atoms with Gasteiger partial charge in [-0.15, -0.1) is 0 Å². The number of H-pyrrole nitrogens is 1. The lowest BCUT2D eigenvalue weighted by molar-refractivity contribution is 0.0789. The van der Waals surface area contributed by atoms with E-state index < -0.39 is 0 Å². The van der Waals surface area contributed by atoms with Gasteiger partial charge in [0.2, 0.25) is 5.95 Å². The van der Waals surface area contributed by atoms with E-state index in [1.54, 1.807) is 23.4 Å². The van der Waals surface area contributed by atoms with E-state index >= 15 is 0 Å². The number of aryl methyl sites for hydroxylation is 1. The normalized spacial score (nSPS) is 16.9. The van der Waals surface area contributed by atoms with Gasteiger partial charge in [-0.05, 0) is 24.5 Å². The fourth-order valence-electron chi connectivity index (χ4n) is 3.16. The van der Waals surface area contributed by atoms with Gasteiger partial charge in [0.05, 0.1) is 5.69 Å². The van der Waals surface area contributed by atoms with Crippen LogP contribution in [0.25, 0.3) is 0 Å². The van der Waals surface area contributed by atoms with Crippen LogP contribution in [0.1, 0.15) is 40.9 Å². The zero-order chi connectivity index (χ0) is 18.0. The van der Waals surface area contributed by atoms with Crippen LogP contribution in [0.5, 0.6) is 0 Å². The SMILES string of the molecule is CCc1cnccc1C(=O)N1CCC(c2cc(=O)[nH]c(N(C)C)n2)C1. The van der Waals surface area contributed by atoms with Crippen LogP contribution in [0, 0.1) is 0 Å². The number of pyridine rings is 1. The molecule has 1 aliphatic heterocycles. The molecule has 1 aliphatic rings. The summed E-state index contributed by atoms with van der Waals surface area (Å²) in [5.74, 6) is 0.644. The first-order valence-corrected chi connectivity index (χ1v) is 8.50. The van der Waals surface area contributed by atoms with Gasteiger partial charge in [0.15, 0.2) is 0 Å². The molecular weight excluding hydrogens is 318 g/mol. The summed E-state index contributed by atoms with van der Waals surface area (Å²) in [6.07, 6.45) is 4.99. The van der Waals surface area contributed by atoms with Crippen molar-refractivity contribution in [1.29, 1.82) is 0 Å². The molecule has 1 N–H and O–H groups in total. The second kappa shape index (κ2) is 7.04. The number of hydrogen-bond acceptors (Lipinski definition) is 5. The van der Waals surface area contributed by atoms with Gasteiger partial charge < -0.3 is 9.80 Å². The van der Waals surface area contributed by atoms with Crippen LogP contribution in [0.2, 0.25) is 0 Å². The van der Waals surface area contributed by atoms with Crippen LogP contribution >= 0.6 is 0 Å². The highest BCUT2D eigenvalue weighted by molar-refractivity contribution is 5.95. The van der Waals surface area contributed by atoms with Crippen molar-refractivity contribution in [1.82, 2.24) is 19.9 Å². The summed E-state index contributed by atoms with van der Waals surface area (Å²) in [4.78, 5) is 39.7. The number of carbonyl (C=O) groups excluding carboxylic acids is 1. The van der Waals surface area contributed by atoms with Gasteiger partial charge in [0.25, 0.3) is 11.5 Å². The van der Waals surface area contributed by atoms with Crippen LogP contribution in [0.4, 0.5) is 5.95 Å². The quantitative estimate of drug-likeness (QED) is 0.909. The fourth-order valence-corrected chi connectivity index (χ4v) is 3.16. The van der Waals surface area contributed by atoms with E-state index in [-0.39, 0.29) is 17.4 Å². The summed E-state index contributed by atoms with van der Waals surface area (Å²) >= 11 is 0. The molecule has 2 aromatic rings. The Labute approximate surface area is 146 Å². The van der Waals surface area contributed by atoms with Crippen LogP contribution in [-0.4, -0.2) is 52.9 Å². The number of nitrogens with zero attached hydrogens (tertiary/aromatic N) is 4. The molecule has 0 bridgehead atoms. The number of carbonyl (C=O) groups is 1. The van der Waals surface area contributed by atoms with Crippen molar-refractivity contribution < 1.29 is 4.79 Å². The van der Waals surface area contributed by atoms with Gasteiger partial charge in [-0.2, -0.15) is 0 Å². The molecule has 3 rings (SSSR count). The summed E-state index contributed by atoms with van der Waals surface area (Å²) in [6, 6.07) is 3.32. The van der Waals surface area contributed by atoms with Crippen molar-refractivity contribution >= 4 is 11.9 Å². The van der Waals surface area contributed by atoms with Crippen molar-refractivity contribution in [2.75, 3.05) is 32.1 Å². The molecular formula is C18H23N5O2. The summed E-state index contributed by atoms with van der Waals surface area (Å²) in [6.45, 7) is 3.26. The van der Waals surface area contributed by atoms with Crippen molar-refractivity contribution in [3.8, 4) is 0 Å². The van der Waals surface area contributed by atoms with Crippen molar-refractivity contribution in [3.63, 3.8) is 0 Å². The van der Waals surface area contributed by atoms with E-state index in [1.165, 1.54) is 6.07 Å². The fraction of sp³-hybridized carbons (Fsp3) is 0.444. The lowest BCUT2D eigenvalue weighted by Crippen LogP contribution is -2.29. The van der Waals surface area contributed by atoms with Crippen LogP contribution < -0.4 is 10.5 Å². The zero-order valence-corrected chi connectivity index (χ0v) is 14.8. The average Bonchev–Trinajstić information content (AvgIpc) is 3.10. The van der Waals surface area contributed by atoms with Crippen LogP contribution in [0.15, 0.2) is 29.3 Å². The number of aromatic amines is 1. The molecule has 7 heteroatoms. The minimum Gasteiger partial charge on any atom is -0.348 e. The summed E-state index contributed by atoms with van der Waals surface area (Å²) < 4.78 is 0. The molecule has 0 spiro atoms. The Bertz CT molecular complexity index is 830.